The fourth-order valence-corrected chi connectivity index (χ4v) is 1.22. The largest absolute Gasteiger partial charge is 0.444 e. The van der Waals surface area contributed by atoms with Gasteiger partial charge in [0.2, 0.25) is 0 Å². The van der Waals surface area contributed by atoms with E-state index >= 15 is 0 Å². The minimum Gasteiger partial charge on any atom is -0.444 e. The standard InChI is InChI=1S/C10H18N4O2/c1-10(2,3)16-9(15)13-7-6-12-14(4)8(7)5-11/h6H,5,11H2,1-4H3,(H,13,15). The third kappa shape index (κ3) is 3.23. The van der Waals surface area contributed by atoms with E-state index in [0.717, 1.165) is 5.69 Å². The Balaban J connectivity index is 2.70. The molecule has 90 valence electrons. The highest BCUT2D eigenvalue weighted by Gasteiger charge is 2.18. The number of rotatable bonds is 2. The molecule has 6 nitrogen and oxygen atoms in total. The Morgan fingerprint density at radius 2 is 2.25 bits per heavy atom. The lowest BCUT2D eigenvalue weighted by atomic mass is 10.2. The Kier molecular flexibility index (Phi) is 3.54. The van der Waals surface area contributed by atoms with Crippen molar-refractivity contribution in [1.82, 2.24) is 9.78 Å². The van der Waals surface area contributed by atoms with Crippen molar-refractivity contribution in [1.29, 1.82) is 0 Å². The Morgan fingerprint density at radius 1 is 1.62 bits per heavy atom. The summed E-state index contributed by atoms with van der Waals surface area (Å²) in [6.07, 6.45) is 1.04. The Hall–Kier alpha value is -1.56. The predicted molar refractivity (Wildman–Crippen MR) is 61.0 cm³/mol. The minimum atomic E-state index is -0.519. The van der Waals surface area contributed by atoms with E-state index in [9.17, 15) is 4.79 Å². The van der Waals surface area contributed by atoms with Crippen LogP contribution in [0, 0.1) is 0 Å². The molecule has 0 aromatic carbocycles. The van der Waals surface area contributed by atoms with Crippen molar-refractivity contribution in [3.63, 3.8) is 0 Å². The van der Waals surface area contributed by atoms with Gasteiger partial charge in [-0.1, -0.05) is 0 Å². The summed E-state index contributed by atoms with van der Waals surface area (Å²) >= 11 is 0. The van der Waals surface area contributed by atoms with Crippen LogP contribution in [0.3, 0.4) is 0 Å². The van der Waals surface area contributed by atoms with E-state index in [-0.39, 0.29) is 0 Å². The summed E-state index contributed by atoms with van der Waals surface area (Å²) in [6.45, 7) is 5.72. The second kappa shape index (κ2) is 4.52. The van der Waals surface area contributed by atoms with Crippen LogP contribution >= 0.6 is 0 Å². The van der Waals surface area contributed by atoms with Crippen LogP contribution in [0.1, 0.15) is 26.5 Å². The molecule has 3 N–H and O–H groups in total. The predicted octanol–water partition coefficient (Wildman–Crippen LogP) is 1.23. The van der Waals surface area contributed by atoms with Gasteiger partial charge in [-0.25, -0.2) is 4.79 Å². The molecule has 0 radical (unpaired) electrons. The number of anilines is 1. The zero-order valence-corrected chi connectivity index (χ0v) is 10.1. The summed E-state index contributed by atoms with van der Waals surface area (Å²) in [5.41, 5.74) is 6.37. The molecule has 1 heterocycles. The molecule has 0 atom stereocenters. The summed E-state index contributed by atoms with van der Waals surface area (Å²) in [4.78, 5) is 11.5. The molecule has 0 aliphatic heterocycles. The second-order valence-electron chi connectivity index (χ2n) is 4.46. The molecule has 6 heteroatoms. The van der Waals surface area contributed by atoms with Crippen LogP contribution in [0.5, 0.6) is 0 Å². The maximum atomic E-state index is 11.5. The lowest BCUT2D eigenvalue weighted by Crippen LogP contribution is -2.27. The van der Waals surface area contributed by atoms with Crippen LogP contribution in [-0.2, 0) is 18.3 Å². The quantitative estimate of drug-likeness (QED) is 0.794. The zero-order valence-electron chi connectivity index (χ0n) is 10.1. The second-order valence-corrected chi connectivity index (χ2v) is 4.46. The first-order valence-electron chi connectivity index (χ1n) is 5.04. The maximum Gasteiger partial charge on any atom is 0.412 e. The van der Waals surface area contributed by atoms with Crippen molar-refractivity contribution in [2.24, 2.45) is 12.8 Å². The van der Waals surface area contributed by atoms with E-state index in [0.29, 0.717) is 12.2 Å². The molecule has 0 bridgehead atoms. The van der Waals surface area contributed by atoms with Gasteiger partial charge in [0.05, 0.1) is 17.6 Å². The number of nitrogens with two attached hydrogens (primary N) is 1. The van der Waals surface area contributed by atoms with Gasteiger partial charge in [0.15, 0.2) is 0 Å². The number of hydrogen-bond donors (Lipinski definition) is 2. The van der Waals surface area contributed by atoms with Crippen molar-refractivity contribution in [3.05, 3.63) is 11.9 Å². The Labute approximate surface area is 94.8 Å². The Morgan fingerprint density at radius 3 is 2.75 bits per heavy atom. The Bertz CT molecular complexity index is 379. The smallest absolute Gasteiger partial charge is 0.412 e. The zero-order chi connectivity index (χ0) is 12.3. The third-order valence-electron chi connectivity index (χ3n) is 1.89. The molecule has 0 aliphatic rings. The van der Waals surface area contributed by atoms with Gasteiger partial charge in [-0.2, -0.15) is 5.10 Å². The maximum absolute atomic E-state index is 11.5. The third-order valence-corrected chi connectivity index (χ3v) is 1.89. The summed E-state index contributed by atoms with van der Waals surface area (Å²) in [5, 5.41) is 6.62. The molecule has 0 aliphatic carbocycles. The van der Waals surface area contributed by atoms with Crippen LogP contribution in [0.4, 0.5) is 10.5 Å². The van der Waals surface area contributed by atoms with E-state index in [1.54, 1.807) is 38.7 Å². The van der Waals surface area contributed by atoms with Crippen molar-refractivity contribution in [3.8, 4) is 0 Å². The van der Waals surface area contributed by atoms with Gasteiger partial charge >= 0.3 is 6.09 Å². The van der Waals surface area contributed by atoms with Gasteiger partial charge < -0.3 is 10.5 Å². The van der Waals surface area contributed by atoms with E-state index in [1.165, 1.54) is 0 Å². The highest BCUT2D eigenvalue weighted by Crippen LogP contribution is 2.15. The molecule has 1 aromatic heterocycles. The van der Waals surface area contributed by atoms with Gasteiger partial charge in [-0.3, -0.25) is 10.00 Å². The molecule has 0 fully saturated rings. The monoisotopic (exact) mass is 226 g/mol. The molecule has 1 aromatic rings. The summed E-state index contributed by atoms with van der Waals surface area (Å²) in [7, 11) is 1.77. The first kappa shape index (κ1) is 12.5. The lowest BCUT2D eigenvalue weighted by molar-refractivity contribution is 0.0636. The van der Waals surface area contributed by atoms with E-state index in [2.05, 4.69) is 10.4 Å². The van der Waals surface area contributed by atoms with Crippen molar-refractivity contribution in [2.75, 3.05) is 5.32 Å². The molecular formula is C10H18N4O2. The number of carbonyl (C=O) groups excluding carboxylic acids is 1. The number of aromatic nitrogens is 2. The lowest BCUT2D eigenvalue weighted by Gasteiger charge is -2.19. The summed E-state index contributed by atoms with van der Waals surface area (Å²) in [6, 6.07) is 0. The molecule has 0 unspecified atom stereocenters. The number of amides is 1. The minimum absolute atomic E-state index is 0.307. The van der Waals surface area contributed by atoms with Crippen LogP contribution in [-0.4, -0.2) is 21.5 Å². The van der Waals surface area contributed by atoms with Crippen molar-refractivity contribution < 1.29 is 9.53 Å². The van der Waals surface area contributed by atoms with Gasteiger partial charge in [0, 0.05) is 13.6 Å². The number of hydrogen-bond acceptors (Lipinski definition) is 4. The highest BCUT2D eigenvalue weighted by atomic mass is 16.6. The fourth-order valence-electron chi connectivity index (χ4n) is 1.22. The number of nitrogens with zero attached hydrogens (tertiary/aromatic N) is 2. The molecule has 0 saturated carbocycles. The average molecular weight is 226 g/mol. The van der Waals surface area contributed by atoms with Crippen LogP contribution in [0.15, 0.2) is 6.20 Å². The van der Waals surface area contributed by atoms with E-state index in [1.807, 2.05) is 0 Å². The van der Waals surface area contributed by atoms with Gasteiger partial charge in [0.25, 0.3) is 0 Å². The number of nitrogens with one attached hydrogen (secondary N) is 1. The highest BCUT2D eigenvalue weighted by molar-refractivity contribution is 5.85. The van der Waals surface area contributed by atoms with E-state index < -0.39 is 11.7 Å². The van der Waals surface area contributed by atoms with Gasteiger partial charge in [0.1, 0.15) is 5.60 Å². The number of carbonyl (C=O) groups is 1. The SMILES string of the molecule is Cn1ncc(NC(=O)OC(C)(C)C)c1CN. The molecule has 0 spiro atoms. The van der Waals surface area contributed by atoms with Gasteiger partial charge in [-0.15, -0.1) is 0 Å². The molecular weight excluding hydrogens is 208 g/mol. The van der Waals surface area contributed by atoms with Gasteiger partial charge in [-0.05, 0) is 20.8 Å². The fraction of sp³-hybridized carbons (Fsp3) is 0.600. The molecule has 1 amide bonds. The summed E-state index contributed by atoms with van der Waals surface area (Å²) < 4.78 is 6.74. The first-order chi connectivity index (χ1) is 7.33. The molecule has 16 heavy (non-hydrogen) atoms. The number of aryl methyl sites for hydroxylation is 1. The summed E-state index contributed by atoms with van der Waals surface area (Å²) in [5.74, 6) is 0. The van der Waals surface area contributed by atoms with Crippen LogP contribution in [0.25, 0.3) is 0 Å². The topological polar surface area (TPSA) is 82.2 Å². The number of ether oxygens (including phenoxy) is 1. The normalized spacial score (nSPS) is 11.3. The van der Waals surface area contributed by atoms with E-state index in [4.69, 9.17) is 10.5 Å². The average Bonchev–Trinajstić information content (AvgIpc) is 2.43. The molecule has 1 rings (SSSR count). The molecule has 0 saturated heterocycles. The van der Waals surface area contributed by atoms with Crippen molar-refractivity contribution in [2.45, 2.75) is 32.9 Å². The first-order valence-corrected chi connectivity index (χ1v) is 5.04. The van der Waals surface area contributed by atoms with Crippen LogP contribution < -0.4 is 11.1 Å². The van der Waals surface area contributed by atoms with Crippen LogP contribution in [0.2, 0.25) is 0 Å². The van der Waals surface area contributed by atoms with Crippen molar-refractivity contribution >= 4 is 11.8 Å².